The summed E-state index contributed by atoms with van der Waals surface area (Å²) in [5.41, 5.74) is 2.36. The Kier molecular flexibility index (Phi) is 5.51. The number of aliphatic carboxylic acids is 1. The van der Waals surface area contributed by atoms with Crippen molar-refractivity contribution in [3.63, 3.8) is 0 Å². The molecule has 3 N–H and O–H groups in total. The molecule has 1 atom stereocenters. The van der Waals surface area contributed by atoms with Gasteiger partial charge in [0.1, 0.15) is 6.04 Å². The maximum absolute atomic E-state index is 12.5. The van der Waals surface area contributed by atoms with Gasteiger partial charge in [-0.3, -0.25) is 4.79 Å². The number of hydrogen-bond donors (Lipinski definition) is 3. The van der Waals surface area contributed by atoms with E-state index in [9.17, 15) is 23.1 Å². The number of carbonyl (C=O) groups excluding carboxylic acids is 1. The average Bonchev–Trinajstić information content (AvgIpc) is 3.03. The highest BCUT2D eigenvalue weighted by molar-refractivity contribution is 7.89. The van der Waals surface area contributed by atoms with Gasteiger partial charge in [-0.1, -0.05) is 30.3 Å². The normalized spacial score (nSPS) is 12.6. The predicted octanol–water partition coefficient (Wildman–Crippen LogP) is 2.14. The lowest BCUT2D eigenvalue weighted by atomic mass is 10.0. The molecule has 1 aromatic heterocycles. The number of aromatic amines is 1. The number of aromatic nitrogens is 1. The SMILES string of the molecule is CS(=O)(=O)Cc1cccc(C(=O)N[C@@H](Cc2c[nH]c3ccccc23)C(=O)O)c1. The molecule has 0 aliphatic carbocycles. The zero-order valence-corrected chi connectivity index (χ0v) is 16.0. The molecule has 3 rings (SSSR count). The fourth-order valence-electron chi connectivity index (χ4n) is 3.07. The van der Waals surface area contributed by atoms with Gasteiger partial charge in [0, 0.05) is 35.3 Å². The number of benzene rings is 2. The van der Waals surface area contributed by atoms with Crippen molar-refractivity contribution in [3.8, 4) is 0 Å². The van der Waals surface area contributed by atoms with E-state index in [1.807, 2.05) is 24.3 Å². The summed E-state index contributed by atoms with van der Waals surface area (Å²) in [7, 11) is -3.24. The van der Waals surface area contributed by atoms with Crippen LogP contribution in [-0.4, -0.2) is 42.7 Å². The average molecular weight is 400 g/mol. The van der Waals surface area contributed by atoms with E-state index in [2.05, 4.69) is 10.3 Å². The number of amides is 1. The molecule has 0 spiro atoms. The number of sulfone groups is 1. The smallest absolute Gasteiger partial charge is 0.326 e. The van der Waals surface area contributed by atoms with Gasteiger partial charge < -0.3 is 15.4 Å². The highest BCUT2D eigenvalue weighted by atomic mass is 32.2. The van der Waals surface area contributed by atoms with E-state index in [4.69, 9.17) is 0 Å². The van der Waals surface area contributed by atoms with Crippen molar-refractivity contribution >= 4 is 32.6 Å². The van der Waals surface area contributed by atoms with Gasteiger partial charge in [-0.05, 0) is 29.3 Å². The summed E-state index contributed by atoms with van der Waals surface area (Å²) in [5.74, 6) is -1.90. The molecule has 1 heterocycles. The van der Waals surface area contributed by atoms with Crippen molar-refractivity contribution in [1.82, 2.24) is 10.3 Å². The molecule has 0 aliphatic heterocycles. The van der Waals surface area contributed by atoms with E-state index in [0.717, 1.165) is 22.7 Å². The van der Waals surface area contributed by atoms with Gasteiger partial charge in [-0.15, -0.1) is 0 Å². The lowest BCUT2D eigenvalue weighted by Crippen LogP contribution is -2.42. The third-order valence-electron chi connectivity index (χ3n) is 4.32. The van der Waals surface area contributed by atoms with Crippen molar-refractivity contribution in [2.24, 2.45) is 0 Å². The monoisotopic (exact) mass is 400 g/mol. The van der Waals surface area contributed by atoms with Crippen LogP contribution in [0.25, 0.3) is 10.9 Å². The molecular formula is C20H20N2O5S. The first-order chi connectivity index (χ1) is 13.2. The highest BCUT2D eigenvalue weighted by Crippen LogP contribution is 2.19. The summed E-state index contributed by atoms with van der Waals surface area (Å²) in [6, 6.07) is 12.6. The van der Waals surface area contributed by atoms with Crippen molar-refractivity contribution in [2.75, 3.05) is 6.26 Å². The van der Waals surface area contributed by atoms with E-state index in [-0.39, 0.29) is 17.7 Å². The number of fused-ring (bicyclic) bond motifs is 1. The fourth-order valence-corrected chi connectivity index (χ4v) is 3.85. The molecule has 7 nitrogen and oxygen atoms in total. The standard InChI is InChI=1S/C20H20N2O5S/c1-28(26,27)12-13-5-4-6-14(9-13)19(23)22-18(20(24)25)10-15-11-21-17-8-3-2-7-16(15)17/h2-9,11,18,21H,10,12H2,1H3,(H,22,23)(H,24,25)/t18-/m0/s1. The first-order valence-electron chi connectivity index (χ1n) is 8.58. The molecule has 28 heavy (non-hydrogen) atoms. The van der Waals surface area contributed by atoms with Crippen LogP contribution >= 0.6 is 0 Å². The molecule has 2 aromatic carbocycles. The van der Waals surface area contributed by atoms with Gasteiger partial charge in [0.2, 0.25) is 0 Å². The van der Waals surface area contributed by atoms with Crippen molar-refractivity contribution in [3.05, 3.63) is 71.4 Å². The minimum Gasteiger partial charge on any atom is -0.480 e. The van der Waals surface area contributed by atoms with Gasteiger partial charge >= 0.3 is 5.97 Å². The van der Waals surface area contributed by atoms with E-state index >= 15 is 0 Å². The van der Waals surface area contributed by atoms with Crippen molar-refractivity contribution in [2.45, 2.75) is 18.2 Å². The number of para-hydroxylation sites is 1. The molecule has 0 saturated carbocycles. The van der Waals surface area contributed by atoms with E-state index < -0.39 is 27.8 Å². The number of H-pyrrole nitrogens is 1. The second-order valence-electron chi connectivity index (χ2n) is 6.70. The van der Waals surface area contributed by atoms with Crippen molar-refractivity contribution in [1.29, 1.82) is 0 Å². The molecule has 0 saturated heterocycles. The number of carbonyl (C=O) groups is 2. The molecule has 0 aliphatic rings. The third-order valence-corrected chi connectivity index (χ3v) is 5.18. The summed E-state index contributed by atoms with van der Waals surface area (Å²) in [5, 5.41) is 13.0. The Hall–Kier alpha value is -3.13. The minimum atomic E-state index is -3.24. The van der Waals surface area contributed by atoms with Gasteiger partial charge in [-0.2, -0.15) is 0 Å². The third kappa shape index (κ3) is 4.77. The zero-order valence-electron chi connectivity index (χ0n) is 15.2. The van der Waals surface area contributed by atoms with E-state index in [1.54, 1.807) is 18.3 Å². The number of carboxylic acid groups (broad SMARTS) is 1. The van der Waals surface area contributed by atoms with Crippen LogP contribution in [0, 0.1) is 0 Å². The van der Waals surface area contributed by atoms with Crippen LogP contribution in [0.4, 0.5) is 0 Å². The Labute approximate surface area is 162 Å². The summed E-state index contributed by atoms with van der Waals surface area (Å²) in [6.45, 7) is 0. The van der Waals surface area contributed by atoms with E-state index in [0.29, 0.717) is 5.56 Å². The molecule has 0 fully saturated rings. The molecule has 0 unspecified atom stereocenters. The molecule has 8 heteroatoms. The van der Waals surface area contributed by atoms with Crippen LogP contribution in [0.5, 0.6) is 0 Å². The number of hydrogen-bond acceptors (Lipinski definition) is 4. The Morgan fingerprint density at radius 3 is 2.61 bits per heavy atom. The summed E-state index contributed by atoms with van der Waals surface area (Å²) < 4.78 is 22.9. The molecule has 0 bridgehead atoms. The van der Waals surface area contributed by atoms with E-state index in [1.165, 1.54) is 12.1 Å². The van der Waals surface area contributed by atoms with Crippen LogP contribution in [0.1, 0.15) is 21.5 Å². The molecular weight excluding hydrogens is 380 g/mol. The van der Waals surface area contributed by atoms with Gasteiger partial charge in [0.25, 0.3) is 5.91 Å². The van der Waals surface area contributed by atoms with Crippen LogP contribution in [0.2, 0.25) is 0 Å². The van der Waals surface area contributed by atoms with Crippen molar-refractivity contribution < 1.29 is 23.1 Å². The topological polar surface area (TPSA) is 116 Å². The predicted molar refractivity (Wildman–Crippen MR) is 106 cm³/mol. The second-order valence-corrected chi connectivity index (χ2v) is 8.84. The number of carboxylic acids is 1. The number of rotatable bonds is 7. The molecule has 1 amide bonds. The number of nitrogens with one attached hydrogen (secondary N) is 2. The first-order valence-corrected chi connectivity index (χ1v) is 10.6. The van der Waals surface area contributed by atoms with Gasteiger partial charge in [0.05, 0.1) is 5.75 Å². The Morgan fingerprint density at radius 2 is 1.89 bits per heavy atom. The maximum Gasteiger partial charge on any atom is 0.326 e. The van der Waals surface area contributed by atoms with Crippen LogP contribution < -0.4 is 5.32 Å². The summed E-state index contributed by atoms with van der Waals surface area (Å²) in [4.78, 5) is 27.3. The zero-order chi connectivity index (χ0) is 20.3. The first kappa shape index (κ1) is 19.6. The lowest BCUT2D eigenvalue weighted by Gasteiger charge is -2.15. The largest absolute Gasteiger partial charge is 0.480 e. The molecule has 146 valence electrons. The Balaban J connectivity index is 1.78. The summed E-state index contributed by atoms with van der Waals surface area (Å²) in [6.07, 6.45) is 2.97. The van der Waals surface area contributed by atoms with Crippen LogP contribution in [0.3, 0.4) is 0 Å². The Morgan fingerprint density at radius 1 is 1.14 bits per heavy atom. The fraction of sp³-hybridized carbons (Fsp3) is 0.200. The Bertz CT molecular complexity index is 1130. The minimum absolute atomic E-state index is 0.119. The maximum atomic E-state index is 12.5. The highest BCUT2D eigenvalue weighted by Gasteiger charge is 2.22. The van der Waals surface area contributed by atoms with Gasteiger partial charge in [-0.25, -0.2) is 13.2 Å². The van der Waals surface area contributed by atoms with Crippen LogP contribution in [-0.2, 0) is 26.8 Å². The lowest BCUT2D eigenvalue weighted by molar-refractivity contribution is -0.139. The quantitative estimate of drug-likeness (QED) is 0.562. The molecule has 3 aromatic rings. The second kappa shape index (κ2) is 7.85. The van der Waals surface area contributed by atoms with Crippen LogP contribution in [0.15, 0.2) is 54.7 Å². The van der Waals surface area contributed by atoms with Gasteiger partial charge in [0.15, 0.2) is 9.84 Å². The summed E-state index contributed by atoms with van der Waals surface area (Å²) >= 11 is 0. The molecule has 0 radical (unpaired) electrons.